The molecule has 0 aliphatic rings. The third kappa shape index (κ3) is 176. The molecule has 0 unspecified atom stereocenters. The monoisotopic (exact) mass is 164 g/mol. The smallest absolute Gasteiger partial charge is 0.0576 e. The highest BCUT2D eigenvalue weighted by atomic mass is 32.1. The van der Waals surface area contributed by atoms with E-state index in [2.05, 4.69) is 0 Å². The molecule has 0 saturated carbocycles. The summed E-state index contributed by atoms with van der Waals surface area (Å²) in [6.07, 6.45) is 0. The summed E-state index contributed by atoms with van der Waals surface area (Å²) in [5.74, 6) is 0. The SMILES string of the molecule is [O-]B([O-])[O-].[SH3+].[SH3+].[SH3+]. The fraction of sp³-hybridized carbons (Fsp3) is 0. The van der Waals surface area contributed by atoms with Gasteiger partial charge in [-0.1, -0.05) is 40.5 Å². The molecule has 0 aromatic rings. The molecular weight excluding hydrogens is 155 g/mol. The zero-order chi connectivity index (χ0) is 3.58. The maximum atomic E-state index is 8.42. The molecule has 0 aromatic carbocycles. The first-order valence-corrected chi connectivity index (χ1v) is 0.707. The molecule has 0 saturated heterocycles. The molecule has 0 radical (unpaired) electrons. The Morgan fingerprint density at radius 2 is 0.714 bits per heavy atom. The highest BCUT2D eigenvalue weighted by molar-refractivity contribution is 7.37. The number of rotatable bonds is 0. The zero-order valence-corrected chi connectivity index (χ0v) is 7.00. The molecule has 0 amide bonds. The lowest BCUT2D eigenvalue weighted by Crippen LogP contribution is -2.56. The zero-order valence-electron chi connectivity index (χ0n) is 3.53. The van der Waals surface area contributed by atoms with E-state index in [1.807, 2.05) is 0 Å². The largest absolute Gasteiger partial charge is 0.907 e. The molecule has 7 heavy (non-hydrogen) atoms. The predicted octanol–water partition coefficient (Wildman–Crippen LogP) is -6.36. The Hall–Kier alpha value is 0.995. The second-order valence-electron chi connectivity index (χ2n) is 0.289. The molecule has 0 atom stereocenters. The summed E-state index contributed by atoms with van der Waals surface area (Å²) in [4.78, 5) is 0. The highest BCUT2D eigenvalue weighted by Gasteiger charge is 1.17. The molecule has 0 fully saturated rings. The van der Waals surface area contributed by atoms with Gasteiger partial charge in [0.2, 0.25) is 0 Å². The van der Waals surface area contributed by atoms with E-state index in [4.69, 9.17) is 15.1 Å². The Balaban J connectivity index is -0.0000000150. The van der Waals surface area contributed by atoms with Crippen LogP contribution in [0, 0.1) is 0 Å². The van der Waals surface area contributed by atoms with Crippen molar-refractivity contribution in [2.75, 3.05) is 0 Å². The summed E-state index contributed by atoms with van der Waals surface area (Å²) >= 11 is 0. The first kappa shape index (κ1) is 24.5. The van der Waals surface area contributed by atoms with Crippen molar-refractivity contribution in [1.82, 2.24) is 0 Å². The van der Waals surface area contributed by atoms with Gasteiger partial charge in [0.1, 0.15) is 0 Å². The topological polar surface area (TPSA) is 69.2 Å². The molecule has 0 bridgehead atoms. The maximum Gasteiger partial charge on any atom is -0.0576 e. The predicted molar refractivity (Wildman–Crippen MR) is 40.4 cm³/mol. The van der Waals surface area contributed by atoms with Crippen molar-refractivity contribution in [3.8, 4) is 0 Å². The van der Waals surface area contributed by atoms with Crippen LogP contribution in [0.4, 0.5) is 0 Å². The third-order valence-electron chi connectivity index (χ3n) is 0. The molecule has 0 rings (SSSR count). The quantitative estimate of drug-likeness (QED) is 0.264. The van der Waals surface area contributed by atoms with Crippen LogP contribution in [-0.2, 0) is 40.5 Å². The van der Waals surface area contributed by atoms with Crippen molar-refractivity contribution in [2.45, 2.75) is 0 Å². The van der Waals surface area contributed by atoms with Crippen molar-refractivity contribution >= 4 is 47.8 Å². The van der Waals surface area contributed by atoms with Gasteiger partial charge in [-0.2, -0.15) is 0 Å². The van der Waals surface area contributed by atoms with Crippen LogP contribution in [0.5, 0.6) is 0 Å². The Bertz CT molecular complexity index is 14.9. The van der Waals surface area contributed by atoms with Gasteiger partial charge in [-0.15, -0.1) is 0 Å². The average molecular weight is 164 g/mol. The first-order valence-electron chi connectivity index (χ1n) is 0.707. The summed E-state index contributed by atoms with van der Waals surface area (Å²) in [6, 6.07) is 0. The van der Waals surface area contributed by atoms with E-state index in [-0.39, 0.29) is 40.5 Å². The number of hydrogen-bond acceptors (Lipinski definition) is 3. The second-order valence-corrected chi connectivity index (χ2v) is 0.289. The fourth-order valence-corrected chi connectivity index (χ4v) is 0. The van der Waals surface area contributed by atoms with Gasteiger partial charge in [-0.3, -0.25) is 7.32 Å². The fourth-order valence-electron chi connectivity index (χ4n) is 0. The van der Waals surface area contributed by atoms with Gasteiger partial charge in [0.15, 0.2) is 0 Å². The normalized spacial score (nSPS) is 3.86. The molecule has 3 nitrogen and oxygen atoms in total. The van der Waals surface area contributed by atoms with Gasteiger partial charge in [-0.25, -0.2) is 0 Å². The molecule has 0 spiro atoms. The minimum absolute atomic E-state index is 0. The number of hydrogen-bond donors (Lipinski definition) is 0. The lowest BCUT2D eigenvalue weighted by Gasteiger charge is -2.35. The Labute approximate surface area is 63.3 Å². The van der Waals surface area contributed by atoms with E-state index in [1.54, 1.807) is 0 Å². The van der Waals surface area contributed by atoms with Crippen LogP contribution in [0.3, 0.4) is 0 Å². The van der Waals surface area contributed by atoms with Crippen molar-refractivity contribution in [3.05, 3.63) is 0 Å². The van der Waals surface area contributed by atoms with Crippen LogP contribution in [0.1, 0.15) is 0 Å². The minimum atomic E-state index is -2.92. The third-order valence-corrected chi connectivity index (χ3v) is 0. The summed E-state index contributed by atoms with van der Waals surface area (Å²) in [5.41, 5.74) is 0. The summed E-state index contributed by atoms with van der Waals surface area (Å²) in [5, 5.41) is 25.2. The summed E-state index contributed by atoms with van der Waals surface area (Å²) in [6.45, 7) is 0. The van der Waals surface area contributed by atoms with Crippen molar-refractivity contribution in [3.63, 3.8) is 0 Å². The van der Waals surface area contributed by atoms with Gasteiger partial charge in [-0.05, 0) is 0 Å². The molecule has 48 valence electrons. The van der Waals surface area contributed by atoms with Crippen LogP contribution >= 0.6 is 0 Å². The van der Waals surface area contributed by atoms with Gasteiger partial charge in [0, 0.05) is 0 Å². The maximum absolute atomic E-state index is 8.42. The van der Waals surface area contributed by atoms with Crippen LogP contribution in [-0.4, -0.2) is 7.32 Å². The highest BCUT2D eigenvalue weighted by Crippen LogP contribution is 0.994. The van der Waals surface area contributed by atoms with E-state index in [9.17, 15) is 0 Å². The molecule has 0 aliphatic heterocycles. The van der Waals surface area contributed by atoms with Gasteiger partial charge >= 0.3 is 0 Å². The molecule has 0 aliphatic carbocycles. The van der Waals surface area contributed by atoms with Crippen LogP contribution in [0.2, 0.25) is 0 Å². The first-order chi connectivity index (χ1) is 1.73. The molecule has 0 N–H and O–H groups in total. The van der Waals surface area contributed by atoms with Crippen molar-refractivity contribution < 1.29 is 15.1 Å². The average Bonchev–Trinajstić information content (AvgIpc) is 0.811. The van der Waals surface area contributed by atoms with Crippen LogP contribution < -0.4 is 15.1 Å². The van der Waals surface area contributed by atoms with Crippen LogP contribution in [0.15, 0.2) is 0 Å². The van der Waals surface area contributed by atoms with E-state index < -0.39 is 7.32 Å². The molecule has 0 aromatic heterocycles. The molecule has 0 heterocycles. The Morgan fingerprint density at radius 1 is 0.714 bits per heavy atom. The van der Waals surface area contributed by atoms with Crippen molar-refractivity contribution in [2.24, 2.45) is 0 Å². The van der Waals surface area contributed by atoms with E-state index in [0.717, 1.165) is 0 Å². The van der Waals surface area contributed by atoms with E-state index in [0.29, 0.717) is 0 Å². The van der Waals surface area contributed by atoms with Crippen molar-refractivity contribution in [1.29, 1.82) is 0 Å². The second kappa shape index (κ2) is 15.8. The van der Waals surface area contributed by atoms with E-state index >= 15 is 0 Å². The summed E-state index contributed by atoms with van der Waals surface area (Å²) in [7, 11) is -2.92. The van der Waals surface area contributed by atoms with E-state index in [1.165, 1.54) is 0 Å². The van der Waals surface area contributed by atoms with Gasteiger partial charge in [0.25, 0.3) is 0 Å². The van der Waals surface area contributed by atoms with Crippen LogP contribution in [0.25, 0.3) is 0 Å². The minimum Gasteiger partial charge on any atom is -0.907 e. The molecule has 7 heteroatoms. The Kier molecular flexibility index (Phi) is 55.2. The lowest BCUT2D eigenvalue weighted by molar-refractivity contribution is -0.479. The van der Waals surface area contributed by atoms with Gasteiger partial charge < -0.3 is 15.1 Å². The summed E-state index contributed by atoms with van der Waals surface area (Å²) < 4.78 is 0. The molecular formula is H9BO3S3. The Morgan fingerprint density at radius 3 is 0.714 bits per heavy atom. The lowest BCUT2D eigenvalue weighted by atomic mass is 10.3. The van der Waals surface area contributed by atoms with Gasteiger partial charge in [0.05, 0.1) is 0 Å². The standard InChI is InChI=1S/BO3.3H2S/c2-1(3)4;;;/h;3*1H2/q-3;;;/p+3.